The molecule has 9 heteroatoms. The molecule has 2 aromatic carbocycles. The van der Waals surface area contributed by atoms with Crippen LogP contribution < -0.4 is 16.2 Å². The van der Waals surface area contributed by atoms with Crippen molar-refractivity contribution in [2.75, 3.05) is 5.32 Å². The van der Waals surface area contributed by atoms with Gasteiger partial charge >= 0.3 is 0 Å². The second-order valence-corrected chi connectivity index (χ2v) is 7.30. The molecule has 2 heterocycles. The van der Waals surface area contributed by atoms with E-state index < -0.39 is 0 Å². The summed E-state index contributed by atoms with van der Waals surface area (Å²) in [6.07, 6.45) is 3.32. The quantitative estimate of drug-likeness (QED) is 0.465. The van der Waals surface area contributed by atoms with Crippen molar-refractivity contribution >= 4 is 28.4 Å². The van der Waals surface area contributed by atoms with Crippen LogP contribution in [0.3, 0.4) is 0 Å². The number of anilines is 1. The fraction of sp³-hybridized carbons (Fsp3) is 0.174. The molecule has 0 saturated heterocycles. The summed E-state index contributed by atoms with van der Waals surface area (Å²) in [5.41, 5.74) is 1.80. The Morgan fingerprint density at radius 3 is 2.66 bits per heavy atom. The van der Waals surface area contributed by atoms with E-state index in [0.717, 1.165) is 5.56 Å². The largest absolute Gasteiger partial charge is 0.350 e. The molecular formula is C23H22N6O3. The van der Waals surface area contributed by atoms with E-state index >= 15 is 0 Å². The van der Waals surface area contributed by atoms with Crippen LogP contribution in [0.5, 0.6) is 0 Å². The van der Waals surface area contributed by atoms with Crippen LogP contribution in [0.1, 0.15) is 11.4 Å². The first-order chi connectivity index (χ1) is 15.5. The molecule has 32 heavy (non-hydrogen) atoms. The molecule has 9 nitrogen and oxygen atoms in total. The Kier molecular flexibility index (Phi) is 6.07. The number of benzene rings is 2. The van der Waals surface area contributed by atoms with Crippen LogP contribution in [-0.2, 0) is 29.2 Å². The Morgan fingerprint density at radius 2 is 1.84 bits per heavy atom. The molecule has 0 bridgehead atoms. The Hall–Kier alpha value is -4.27. The summed E-state index contributed by atoms with van der Waals surface area (Å²) in [5, 5.41) is 10.1. The van der Waals surface area contributed by atoms with Crippen LogP contribution in [0, 0.1) is 6.92 Å². The molecule has 4 aromatic rings. The zero-order valence-electron chi connectivity index (χ0n) is 17.5. The molecule has 0 saturated carbocycles. The Bertz CT molecular complexity index is 1330. The number of hydrogen-bond acceptors (Lipinski definition) is 5. The maximum atomic E-state index is 12.7. The topological polar surface area (TPSA) is 111 Å². The number of aryl methyl sites for hydroxylation is 1. The standard InChI is InChI=1S/C23H22N6O3/c1-16-26-20-9-3-2-8-19(20)23(32)29(16)15-21(30)24-13-17-6-4-7-18(12-17)27-22(31)14-28-11-5-10-25-28/h2-12H,13-15H2,1H3,(H,24,30)(H,27,31). The lowest BCUT2D eigenvalue weighted by Crippen LogP contribution is -2.33. The van der Waals surface area contributed by atoms with Crippen molar-refractivity contribution in [1.29, 1.82) is 0 Å². The number of amides is 2. The monoisotopic (exact) mass is 430 g/mol. The molecule has 0 atom stereocenters. The summed E-state index contributed by atoms with van der Waals surface area (Å²) in [6.45, 7) is 1.96. The lowest BCUT2D eigenvalue weighted by Gasteiger charge is -2.12. The number of nitrogens with zero attached hydrogens (tertiary/aromatic N) is 4. The minimum atomic E-state index is -0.305. The maximum Gasteiger partial charge on any atom is 0.261 e. The van der Waals surface area contributed by atoms with Gasteiger partial charge in [-0.15, -0.1) is 0 Å². The van der Waals surface area contributed by atoms with Crippen LogP contribution in [0.2, 0.25) is 0 Å². The minimum Gasteiger partial charge on any atom is -0.350 e. The van der Waals surface area contributed by atoms with E-state index in [9.17, 15) is 14.4 Å². The highest BCUT2D eigenvalue weighted by Crippen LogP contribution is 2.11. The average molecular weight is 430 g/mol. The molecular weight excluding hydrogens is 408 g/mol. The van der Waals surface area contributed by atoms with Gasteiger partial charge in [-0.1, -0.05) is 24.3 Å². The lowest BCUT2D eigenvalue weighted by molar-refractivity contribution is -0.122. The van der Waals surface area contributed by atoms with Gasteiger partial charge in [0.15, 0.2) is 0 Å². The molecule has 2 N–H and O–H groups in total. The Balaban J connectivity index is 1.37. The summed E-state index contributed by atoms with van der Waals surface area (Å²) in [4.78, 5) is 41.8. The minimum absolute atomic E-state index is 0.113. The van der Waals surface area contributed by atoms with Gasteiger partial charge in [-0.2, -0.15) is 5.10 Å². The van der Waals surface area contributed by atoms with Gasteiger partial charge in [0.2, 0.25) is 11.8 Å². The third-order valence-electron chi connectivity index (χ3n) is 4.92. The zero-order valence-corrected chi connectivity index (χ0v) is 17.5. The second kappa shape index (κ2) is 9.25. The van der Waals surface area contributed by atoms with E-state index in [4.69, 9.17) is 0 Å². The highest BCUT2D eigenvalue weighted by atomic mass is 16.2. The summed E-state index contributed by atoms with van der Waals surface area (Å²) < 4.78 is 2.90. The third-order valence-corrected chi connectivity index (χ3v) is 4.92. The molecule has 0 spiro atoms. The van der Waals surface area contributed by atoms with Gasteiger partial charge in [-0.05, 0) is 42.8 Å². The molecule has 0 radical (unpaired) electrons. The van der Waals surface area contributed by atoms with Gasteiger partial charge in [0.1, 0.15) is 18.9 Å². The number of rotatable bonds is 7. The summed E-state index contributed by atoms with van der Waals surface area (Å²) in [7, 11) is 0. The number of fused-ring (bicyclic) bond motifs is 1. The first-order valence-corrected chi connectivity index (χ1v) is 10.1. The SMILES string of the molecule is Cc1nc2ccccc2c(=O)n1CC(=O)NCc1cccc(NC(=O)Cn2cccn2)c1. The van der Waals surface area contributed by atoms with Gasteiger partial charge in [0, 0.05) is 24.6 Å². The summed E-state index contributed by atoms with van der Waals surface area (Å²) >= 11 is 0. The van der Waals surface area contributed by atoms with Gasteiger partial charge in [0.05, 0.1) is 10.9 Å². The summed E-state index contributed by atoms with van der Waals surface area (Å²) in [5.74, 6) is -0.0281. The van der Waals surface area contributed by atoms with Crippen LogP contribution in [-0.4, -0.2) is 31.1 Å². The van der Waals surface area contributed by atoms with Crippen molar-refractivity contribution in [3.8, 4) is 0 Å². The van der Waals surface area contributed by atoms with Crippen molar-refractivity contribution < 1.29 is 9.59 Å². The molecule has 0 unspecified atom stereocenters. The van der Waals surface area contributed by atoms with E-state index in [1.54, 1.807) is 61.8 Å². The van der Waals surface area contributed by atoms with Gasteiger partial charge in [-0.25, -0.2) is 4.98 Å². The fourth-order valence-electron chi connectivity index (χ4n) is 3.37. The van der Waals surface area contributed by atoms with E-state index in [1.165, 1.54) is 9.25 Å². The van der Waals surface area contributed by atoms with Crippen LogP contribution >= 0.6 is 0 Å². The van der Waals surface area contributed by atoms with Crippen molar-refractivity contribution in [1.82, 2.24) is 24.6 Å². The predicted molar refractivity (Wildman–Crippen MR) is 120 cm³/mol. The number of aromatic nitrogens is 4. The first-order valence-electron chi connectivity index (χ1n) is 10.1. The normalized spacial score (nSPS) is 10.8. The van der Waals surface area contributed by atoms with Crippen LogP contribution in [0.25, 0.3) is 10.9 Å². The second-order valence-electron chi connectivity index (χ2n) is 7.30. The maximum absolute atomic E-state index is 12.7. The van der Waals surface area contributed by atoms with Crippen molar-refractivity contribution in [2.24, 2.45) is 0 Å². The van der Waals surface area contributed by atoms with E-state index in [2.05, 4.69) is 20.7 Å². The molecule has 0 fully saturated rings. The molecule has 2 amide bonds. The van der Waals surface area contributed by atoms with Gasteiger partial charge in [0.25, 0.3) is 5.56 Å². The molecule has 0 aliphatic heterocycles. The third kappa shape index (κ3) is 4.89. The zero-order chi connectivity index (χ0) is 22.5. The average Bonchev–Trinajstić information content (AvgIpc) is 3.28. The van der Waals surface area contributed by atoms with E-state index in [1.807, 2.05) is 12.1 Å². The predicted octanol–water partition coefficient (Wildman–Crippen LogP) is 1.86. The highest BCUT2D eigenvalue weighted by molar-refractivity contribution is 5.90. The fourth-order valence-corrected chi connectivity index (χ4v) is 3.37. The Morgan fingerprint density at radius 1 is 1.00 bits per heavy atom. The smallest absolute Gasteiger partial charge is 0.261 e. The molecule has 0 aliphatic carbocycles. The lowest BCUT2D eigenvalue weighted by atomic mass is 10.2. The molecule has 162 valence electrons. The van der Waals surface area contributed by atoms with E-state index in [0.29, 0.717) is 22.4 Å². The number of carbonyl (C=O) groups is 2. The number of para-hydroxylation sites is 1. The van der Waals surface area contributed by atoms with Crippen LogP contribution in [0.15, 0.2) is 71.8 Å². The molecule has 4 rings (SSSR count). The van der Waals surface area contributed by atoms with E-state index in [-0.39, 0.29) is 37.0 Å². The Labute approximate surface area is 183 Å². The number of carbonyl (C=O) groups excluding carboxylic acids is 2. The number of hydrogen-bond donors (Lipinski definition) is 2. The van der Waals surface area contributed by atoms with Crippen molar-refractivity contribution in [3.05, 3.63) is 88.7 Å². The van der Waals surface area contributed by atoms with Crippen molar-refractivity contribution in [3.63, 3.8) is 0 Å². The molecule has 2 aromatic heterocycles. The van der Waals surface area contributed by atoms with Crippen LogP contribution in [0.4, 0.5) is 5.69 Å². The summed E-state index contributed by atoms with van der Waals surface area (Å²) in [6, 6.07) is 16.0. The highest BCUT2D eigenvalue weighted by Gasteiger charge is 2.11. The van der Waals surface area contributed by atoms with Crippen molar-refractivity contribution in [2.45, 2.75) is 26.6 Å². The van der Waals surface area contributed by atoms with Gasteiger partial charge < -0.3 is 10.6 Å². The number of nitrogens with one attached hydrogen (secondary N) is 2. The first kappa shape index (κ1) is 21.0. The molecule has 0 aliphatic rings. The van der Waals surface area contributed by atoms with Gasteiger partial charge in [-0.3, -0.25) is 23.6 Å².